The summed E-state index contributed by atoms with van der Waals surface area (Å²) in [6.07, 6.45) is 1.32. The summed E-state index contributed by atoms with van der Waals surface area (Å²) in [7, 11) is 0. The van der Waals surface area contributed by atoms with Crippen LogP contribution in [0, 0.1) is 6.92 Å². The quantitative estimate of drug-likeness (QED) is 0.413. The number of thiophene rings is 1. The molecule has 0 saturated heterocycles. The number of hydrogen-bond donors (Lipinski definition) is 2. The topological polar surface area (TPSA) is 119 Å². The molecule has 0 saturated carbocycles. The number of benzene rings is 2. The first kappa shape index (κ1) is 22.5. The zero-order valence-corrected chi connectivity index (χ0v) is 19.6. The molecule has 9 nitrogen and oxygen atoms in total. The molecule has 1 atom stereocenters. The Morgan fingerprint density at radius 2 is 1.94 bits per heavy atom. The summed E-state index contributed by atoms with van der Waals surface area (Å²) in [6.45, 7) is 3.23. The molecule has 2 aromatic carbocycles. The molecule has 2 N–H and O–H groups in total. The molecule has 0 aliphatic carbocycles. The fraction of sp³-hybridized carbons (Fsp3) is 0.160. The Bertz CT molecular complexity index is 1560. The van der Waals surface area contributed by atoms with Crippen molar-refractivity contribution in [2.24, 2.45) is 0 Å². The number of nitrogens with one attached hydrogen (secondary N) is 2. The molecular formula is C25H20N4O5S. The second kappa shape index (κ2) is 8.80. The van der Waals surface area contributed by atoms with Gasteiger partial charge in [0.25, 0.3) is 17.4 Å². The van der Waals surface area contributed by atoms with E-state index in [9.17, 15) is 19.2 Å². The molecule has 176 valence electrons. The second-order valence-electron chi connectivity index (χ2n) is 8.10. The van der Waals surface area contributed by atoms with E-state index in [1.54, 1.807) is 38.1 Å². The van der Waals surface area contributed by atoms with Crippen LogP contribution in [0.2, 0.25) is 0 Å². The highest BCUT2D eigenvalue weighted by molar-refractivity contribution is 7.20. The molecule has 4 aromatic rings. The first-order chi connectivity index (χ1) is 16.8. The van der Waals surface area contributed by atoms with E-state index < -0.39 is 11.6 Å². The van der Waals surface area contributed by atoms with E-state index in [2.05, 4.69) is 15.6 Å². The number of para-hydroxylation sites is 1. The predicted molar refractivity (Wildman–Crippen MR) is 133 cm³/mol. The maximum absolute atomic E-state index is 13.4. The van der Waals surface area contributed by atoms with Gasteiger partial charge in [-0.1, -0.05) is 18.2 Å². The molecule has 0 bridgehead atoms. The summed E-state index contributed by atoms with van der Waals surface area (Å²) < 4.78 is 6.60. The van der Waals surface area contributed by atoms with Crippen molar-refractivity contribution in [3.63, 3.8) is 0 Å². The molecule has 35 heavy (non-hydrogen) atoms. The van der Waals surface area contributed by atoms with E-state index in [0.717, 1.165) is 11.3 Å². The van der Waals surface area contributed by atoms with Gasteiger partial charge in [0.15, 0.2) is 12.4 Å². The maximum atomic E-state index is 13.4. The van der Waals surface area contributed by atoms with E-state index in [1.807, 2.05) is 18.2 Å². The molecule has 1 unspecified atom stereocenters. The largest absolute Gasteiger partial charge is 0.482 e. The molecule has 1 aliphatic heterocycles. The average molecular weight is 489 g/mol. The Morgan fingerprint density at radius 1 is 1.17 bits per heavy atom. The summed E-state index contributed by atoms with van der Waals surface area (Å²) in [4.78, 5) is 56.2. The smallest absolute Gasteiger partial charge is 0.266 e. The van der Waals surface area contributed by atoms with Crippen molar-refractivity contribution < 1.29 is 19.1 Å². The van der Waals surface area contributed by atoms with Crippen LogP contribution in [-0.2, 0) is 4.79 Å². The number of hydrogen-bond acceptors (Lipinski definition) is 7. The highest BCUT2D eigenvalue weighted by Crippen LogP contribution is 2.31. The second-order valence-corrected chi connectivity index (χ2v) is 9.10. The monoisotopic (exact) mass is 488 g/mol. The van der Waals surface area contributed by atoms with Gasteiger partial charge in [-0.25, -0.2) is 4.98 Å². The number of aryl methyl sites for hydroxylation is 1. The van der Waals surface area contributed by atoms with Gasteiger partial charge in [-0.15, -0.1) is 11.3 Å². The molecule has 0 fully saturated rings. The van der Waals surface area contributed by atoms with E-state index >= 15 is 0 Å². The van der Waals surface area contributed by atoms with Crippen LogP contribution in [0.1, 0.15) is 38.6 Å². The number of nitrogens with zero attached hydrogens (tertiary/aromatic N) is 2. The minimum Gasteiger partial charge on any atom is -0.482 e. The molecule has 1 aliphatic rings. The molecule has 3 heterocycles. The van der Waals surface area contributed by atoms with Crippen molar-refractivity contribution in [3.05, 3.63) is 81.2 Å². The van der Waals surface area contributed by atoms with Crippen molar-refractivity contribution in [1.29, 1.82) is 0 Å². The van der Waals surface area contributed by atoms with E-state index in [0.29, 0.717) is 43.3 Å². The van der Waals surface area contributed by atoms with Crippen LogP contribution in [0.25, 0.3) is 10.2 Å². The minimum absolute atomic E-state index is 0.0802. The predicted octanol–water partition coefficient (Wildman–Crippen LogP) is 3.79. The minimum atomic E-state index is -0.862. The van der Waals surface area contributed by atoms with Gasteiger partial charge in [0.05, 0.1) is 28.3 Å². The first-order valence-electron chi connectivity index (χ1n) is 10.8. The fourth-order valence-corrected chi connectivity index (χ4v) is 4.98. The number of ether oxygens (including phenoxy) is 1. The molecule has 5 rings (SSSR count). The highest BCUT2D eigenvalue weighted by Gasteiger charge is 2.25. The highest BCUT2D eigenvalue weighted by atomic mass is 32.1. The number of anilines is 2. The third-order valence-electron chi connectivity index (χ3n) is 5.81. The lowest BCUT2D eigenvalue weighted by Gasteiger charge is -2.19. The number of aromatic nitrogens is 2. The van der Waals surface area contributed by atoms with Gasteiger partial charge in [0.1, 0.15) is 10.6 Å². The summed E-state index contributed by atoms with van der Waals surface area (Å²) in [5.74, 6) is -0.485. The van der Waals surface area contributed by atoms with Crippen LogP contribution >= 0.6 is 11.3 Å². The third-order valence-corrected chi connectivity index (χ3v) is 7.01. The number of carbonyl (C=O) groups excluding carboxylic acids is 3. The number of rotatable bonds is 5. The summed E-state index contributed by atoms with van der Waals surface area (Å²) >= 11 is 1.13. The Balaban J connectivity index is 1.46. The number of ketones is 1. The third kappa shape index (κ3) is 4.08. The summed E-state index contributed by atoms with van der Waals surface area (Å²) in [6, 6.07) is 12.9. The van der Waals surface area contributed by atoms with E-state index in [-0.39, 0.29) is 24.2 Å². The Kier molecular flexibility index (Phi) is 5.65. The molecular weight excluding hydrogens is 468 g/mol. The first-order valence-corrected chi connectivity index (χ1v) is 11.6. The molecule has 0 spiro atoms. The van der Waals surface area contributed by atoms with Gasteiger partial charge < -0.3 is 15.4 Å². The van der Waals surface area contributed by atoms with Crippen molar-refractivity contribution in [2.45, 2.75) is 19.9 Å². The standard InChI is InChI=1S/C25H20N4O5S/c1-13-20-24(35-22(13)23(32)27-16-6-4-3-5-7-16)26-12-29(25(20)33)14(2)21(31)15-8-9-18-17(10-15)28-19(30)11-34-18/h3-10,12,14H,11H2,1-2H3,(H,27,32)(H,28,30). The Labute approximate surface area is 203 Å². The van der Waals surface area contributed by atoms with E-state index in [1.165, 1.54) is 17.0 Å². The number of Topliss-reactive ketones (excluding diaryl/α,β-unsaturated/α-hetero) is 1. The van der Waals surface area contributed by atoms with Gasteiger partial charge >= 0.3 is 0 Å². The van der Waals surface area contributed by atoms with Crippen LogP contribution in [0.5, 0.6) is 5.75 Å². The fourth-order valence-electron chi connectivity index (χ4n) is 3.94. The summed E-state index contributed by atoms with van der Waals surface area (Å²) in [5, 5.41) is 5.81. The van der Waals surface area contributed by atoms with E-state index in [4.69, 9.17) is 4.74 Å². The van der Waals surface area contributed by atoms with Gasteiger partial charge in [0, 0.05) is 11.3 Å². The Morgan fingerprint density at radius 3 is 2.71 bits per heavy atom. The lowest BCUT2D eigenvalue weighted by atomic mass is 10.0. The van der Waals surface area contributed by atoms with Crippen LogP contribution in [0.15, 0.2) is 59.7 Å². The zero-order valence-electron chi connectivity index (χ0n) is 18.8. The van der Waals surface area contributed by atoms with Crippen LogP contribution in [0.4, 0.5) is 11.4 Å². The number of amides is 2. The Hall–Kier alpha value is -4.31. The van der Waals surface area contributed by atoms with Crippen molar-refractivity contribution in [3.8, 4) is 5.75 Å². The van der Waals surface area contributed by atoms with Crippen LogP contribution in [-0.4, -0.2) is 33.8 Å². The summed E-state index contributed by atoms with van der Waals surface area (Å²) in [5.41, 5.74) is 1.48. The SMILES string of the molecule is Cc1c(C(=O)Nc2ccccc2)sc2ncn(C(C)C(=O)c3ccc4c(c3)NC(=O)CO4)c(=O)c12. The maximum Gasteiger partial charge on any atom is 0.266 e. The number of fused-ring (bicyclic) bond motifs is 2. The molecule has 2 aromatic heterocycles. The van der Waals surface area contributed by atoms with Crippen molar-refractivity contribution >= 4 is 50.5 Å². The van der Waals surface area contributed by atoms with Gasteiger partial charge in [-0.05, 0) is 49.7 Å². The van der Waals surface area contributed by atoms with Crippen LogP contribution < -0.4 is 20.9 Å². The molecule has 2 amide bonds. The number of carbonyl (C=O) groups is 3. The zero-order chi connectivity index (χ0) is 24.7. The molecule has 0 radical (unpaired) electrons. The lowest BCUT2D eigenvalue weighted by molar-refractivity contribution is -0.118. The van der Waals surface area contributed by atoms with Gasteiger partial charge in [-0.3, -0.25) is 23.7 Å². The molecule has 10 heteroatoms. The van der Waals surface area contributed by atoms with Gasteiger partial charge in [-0.2, -0.15) is 0 Å². The van der Waals surface area contributed by atoms with Gasteiger partial charge in [0.2, 0.25) is 0 Å². The van der Waals surface area contributed by atoms with Crippen LogP contribution in [0.3, 0.4) is 0 Å². The van der Waals surface area contributed by atoms with Crippen molar-refractivity contribution in [1.82, 2.24) is 9.55 Å². The lowest BCUT2D eigenvalue weighted by Crippen LogP contribution is -2.29. The normalized spacial score (nSPS) is 13.5. The average Bonchev–Trinajstić information content (AvgIpc) is 3.20. The van der Waals surface area contributed by atoms with Crippen molar-refractivity contribution in [2.75, 3.05) is 17.2 Å².